The highest BCUT2D eigenvalue weighted by Gasteiger charge is 2.30. The number of H-pyrrole nitrogens is 1. The second-order valence-electron chi connectivity index (χ2n) is 4.53. The first-order valence-corrected chi connectivity index (χ1v) is 6.13. The molecular weight excluding hydrogens is 248 g/mol. The molecule has 8 heteroatoms. The van der Waals surface area contributed by atoms with Crippen molar-refractivity contribution in [1.29, 1.82) is 0 Å². The quantitative estimate of drug-likeness (QED) is 0.708. The number of carbonyl (C=O) groups excluding carboxylic acids is 1. The van der Waals surface area contributed by atoms with Crippen molar-refractivity contribution in [2.45, 2.75) is 25.2 Å². The number of rotatable bonds is 5. The van der Waals surface area contributed by atoms with Crippen LogP contribution in [-0.4, -0.2) is 32.8 Å². The molecule has 100 valence electrons. The van der Waals surface area contributed by atoms with Crippen LogP contribution in [0.5, 0.6) is 0 Å². The van der Waals surface area contributed by atoms with Gasteiger partial charge in [0.2, 0.25) is 6.39 Å². The van der Waals surface area contributed by atoms with Crippen molar-refractivity contribution in [3.8, 4) is 0 Å². The van der Waals surface area contributed by atoms with Crippen LogP contribution >= 0.6 is 0 Å². The molecule has 1 saturated carbocycles. The molecule has 0 radical (unpaired) electrons. The summed E-state index contributed by atoms with van der Waals surface area (Å²) in [5.41, 5.74) is 7.51. The highest BCUT2D eigenvalue weighted by Crippen LogP contribution is 2.42. The van der Waals surface area contributed by atoms with E-state index in [0.29, 0.717) is 30.4 Å². The number of nitrogens with zero attached hydrogens (tertiary/aromatic N) is 3. The Hall–Kier alpha value is -2.38. The molecule has 2 aromatic heterocycles. The summed E-state index contributed by atoms with van der Waals surface area (Å²) >= 11 is 0. The molecule has 1 aliphatic carbocycles. The van der Waals surface area contributed by atoms with Gasteiger partial charge >= 0.3 is 0 Å². The Labute approximate surface area is 108 Å². The molecule has 0 aliphatic heterocycles. The first-order valence-electron chi connectivity index (χ1n) is 6.13. The van der Waals surface area contributed by atoms with Crippen LogP contribution in [0.2, 0.25) is 0 Å². The molecule has 2 heterocycles. The zero-order valence-electron chi connectivity index (χ0n) is 10.2. The maximum Gasteiger partial charge on any atom is 0.273 e. The Morgan fingerprint density at radius 2 is 2.42 bits per heavy atom. The Bertz CT molecular complexity index is 572. The highest BCUT2D eigenvalue weighted by atomic mass is 16.5. The van der Waals surface area contributed by atoms with E-state index in [1.165, 1.54) is 6.39 Å². The maximum atomic E-state index is 11.9. The smallest absolute Gasteiger partial charge is 0.273 e. The van der Waals surface area contributed by atoms with Crippen LogP contribution in [0.1, 0.15) is 40.8 Å². The molecule has 0 aromatic carbocycles. The normalized spacial score (nSPS) is 14.5. The van der Waals surface area contributed by atoms with Gasteiger partial charge in [-0.15, -0.1) is 0 Å². The van der Waals surface area contributed by atoms with Crippen molar-refractivity contribution in [2.75, 3.05) is 12.3 Å². The van der Waals surface area contributed by atoms with Crippen LogP contribution in [0.25, 0.3) is 0 Å². The van der Waals surface area contributed by atoms with E-state index >= 15 is 0 Å². The molecule has 0 saturated heterocycles. The summed E-state index contributed by atoms with van der Waals surface area (Å²) in [7, 11) is 0. The largest absolute Gasteiger partial charge is 0.395 e. The van der Waals surface area contributed by atoms with Crippen molar-refractivity contribution in [3.63, 3.8) is 0 Å². The Morgan fingerprint density at radius 3 is 3.11 bits per heavy atom. The number of aromatic amines is 1. The van der Waals surface area contributed by atoms with Gasteiger partial charge in [-0.1, -0.05) is 5.16 Å². The lowest BCUT2D eigenvalue weighted by Crippen LogP contribution is -2.27. The molecule has 1 amide bonds. The highest BCUT2D eigenvalue weighted by molar-refractivity contribution is 5.97. The van der Waals surface area contributed by atoms with Crippen LogP contribution in [0, 0.1) is 0 Å². The van der Waals surface area contributed by atoms with E-state index in [4.69, 9.17) is 5.73 Å². The average molecular weight is 262 g/mol. The summed E-state index contributed by atoms with van der Waals surface area (Å²) < 4.78 is 4.60. The molecule has 19 heavy (non-hydrogen) atoms. The number of nitrogens with one attached hydrogen (secondary N) is 2. The van der Waals surface area contributed by atoms with Gasteiger partial charge in [0.05, 0.1) is 11.4 Å². The van der Waals surface area contributed by atoms with Gasteiger partial charge in [-0.05, 0) is 12.8 Å². The first kappa shape index (κ1) is 11.7. The predicted molar refractivity (Wildman–Crippen MR) is 65.3 cm³/mol. The van der Waals surface area contributed by atoms with Gasteiger partial charge in [0.1, 0.15) is 0 Å². The number of carbonyl (C=O) groups is 1. The van der Waals surface area contributed by atoms with Crippen molar-refractivity contribution in [2.24, 2.45) is 0 Å². The lowest BCUT2D eigenvalue weighted by molar-refractivity contribution is 0.0950. The first-order chi connectivity index (χ1) is 9.25. The van der Waals surface area contributed by atoms with Gasteiger partial charge in [0.15, 0.2) is 11.5 Å². The van der Waals surface area contributed by atoms with Crippen molar-refractivity contribution >= 4 is 11.6 Å². The average Bonchev–Trinajstić information content (AvgIpc) is 2.96. The number of nitrogens with two attached hydrogens (primary N) is 1. The molecule has 2 aromatic rings. The summed E-state index contributed by atoms with van der Waals surface area (Å²) in [6.45, 7) is 0.406. The van der Waals surface area contributed by atoms with E-state index < -0.39 is 0 Å². The van der Waals surface area contributed by atoms with Gasteiger partial charge in [-0.2, -0.15) is 10.1 Å². The molecule has 1 aliphatic rings. The maximum absolute atomic E-state index is 11.9. The second kappa shape index (κ2) is 4.71. The van der Waals surface area contributed by atoms with E-state index in [0.717, 1.165) is 18.5 Å². The number of aromatic nitrogens is 4. The number of anilines is 1. The Balaban J connectivity index is 1.57. The number of hydrogen-bond acceptors (Lipinski definition) is 6. The molecule has 1 fully saturated rings. The zero-order chi connectivity index (χ0) is 13.2. The lowest BCUT2D eigenvalue weighted by Gasteiger charge is -2.01. The van der Waals surface area contributed by atoms with Crippen molar-refractivity contribution in [1.82, 2.24) is 25.7 Å². The third kappa shape index (κ3) is 2.42. The summed E-state index contributed by atoms with van der Waals surface area (Å²) in [5, 5.41) is 13.2. The number of hydrogen-bond donors (Lipinski definition) is 3. The minimum Gasteiger partial charge on any atom is -0.395 e. The number of nitrogen functional groups attached to an aromatic ring is 1. The summed E-state index contributed by atoms with van der Waals surface area (Å²) in [4.78, 5) is 15.8. The third-order valence-corrected chi connectivity index (χ3v) is 3.08. The van der Waals surface area contributed by atoms with Crippen LogP contribution in [0.3, 0.4) is 0 Å². The van der Waals surface area contributed by atoms with E-state index in [9.17, 15) is 4.79 Å². The van der Waals surface area contributed by atoms with Crippen molar-refractivity contribution < 1.29 is 9.32 Å². The topological polar surface area (TPSA) is 123 Å². The molecular formula is C11H14N6O2. The fourth-order valence-corrected chi connectivity index (χ4v) is 1.89. The standard InChI is InChI=1S/C11H14N6O2/c12-8-9(6-1-2-6)15-16-10(8)11(18)13-4-3-7-14-5-19-17-7/h5-6H,1-4,12H2,(H,13,18)(H,15,16). The van der Waals surface area contributed by atoms with E-state index in [1.54, 1.807) is 0 Å². The molecule has 0 bridgehead atoms. The van der Waals surface area contributed by atoms with Gasteiger partial charge in [-0.3, -0.25) is 9.89 Å². The zero-order valence-corrected chi connectivity index (χ0v) is 10.2. The lowest BCUT2D eigenvalue weighted by atomic mass is 10.2. The molecule has 0 unspecified atom stereocenters. The summed E-state index contributed by atoms with van der Waals surface area (Å²) in [6, 6.07) is 0. The third-order valence-electron chi connectivity index (χ3n) is 3.08. The SMILES string of the molecule is Nc1c(C(=O)NCCc2ncon2)n[nH]c1C1CC1. The van der Waals surface area contributed by atoms with Crippen molar-refractivity contribution in [3.05, 3.63) is 23.6 Å². The molecule has 0 atom stereocenters. The summed E-state index contributed by atoms with van der Waals surface area (Å²) in [6.07, 6.45) is 3.96. The van der Waals surface area contributed by atoms with Crippen LogP contribution in [0.15, 0.2) is 10.9 Å². The Kier molecular flexibility index (Phi) is 2.90. The van der Waals surface area contributed by atoms with Crippen LogP contribution in [-0.2, 0) is 6.42 Å². The van der Waals surface area contributed by atoms with Crippen LogP contribution in [0.4, 0.5) is 5.69 Å². The molecule has 4 N–H and O–H groups in total. The fourth-order valence-electron chi connectivity index (χ4n) is 1.89. The Morgan fingerprint density at radius 1 is 1.58 bits per heavy atom. The second-order valence-corrected chi connectivity index (χ2v) is 4.53. The van der Waals surface area contributed by atoms with Gasteiger partial charge in [-0.25, -0.2) is 0 Å². The monoisotopic (exact) mass is 262 g/mol. The fraction of sp³-hybridized carbons (Fsp3) is 0.455. The predicted octanol–water partition coefficient (Wildman–Crippen LogP) is 0.225. The van der Waals surface area contributed by atoms with Gasteiger partial charge in [0, 0.05) is 18.9 Å². The molecule has 3 rings (SSSR count). The van der Waals surface area contributed by atoms with E-state index in [1.807, 2.05) is 0 Å². The van der Waals surface area contributed by atoms with Gasteiger partial charge < -0.3 is 15.6 Å². The van der Waals surface area contributed by atoms with E-state index in [2.05, 4.69) is 30.2 Å². The van der Waals surface area contributed by atoms with Crippen LogP contribution < -0.4 is 11.1 Å². The minimum absolute atomic E-state index is 0.259. The minimum atomic E-state index is -0.288. The molecule has 0 spiro atoms. The summed E-state index contributed by atoms with van der Waals surface area (Å²) in [5.74, 6) is 0.700. The van der Waals surface area contributed by atoms with E-state index in [-0.39, 0.29) is 11.6 Å². The molecule has 8 nitrogen and oxygen atoms in total. The van der Waals surface area contributed by atoms with Gasteiger partial charge in [0.25, 0.3) is 5.91 Å². The number of amides is 1.